The number of urea groups is 1. The van der Waals surface area contributed by atoms with Crippen molar-refractivity contribution >= 4 is 23.4 Å². The number of fused-ring (bicyclic) bond motifs is 1. The van der Waals surface area contributed by atoms with Gasteiger partial charge in [-0.1, -0.05) is 24.3 Å². The molecule has 2 heterocycles. The zero-order valence-electron chi connectivity index (χ0n) is 18.1. The van der Waals surface area contributed by atoms with Crippen LogP contribution >= 0.6 is 12.2 Å². The third-order valence-corrected chi connectivity index (χ3v) is 6.14. The highest BCUT2D eigenvalue weighted by Crippen LogP contribution is 2.23. The monoisotopic (exact) mass is 417 g/mol. The minimum atomic E-state index is -0.257. The van der Waals surface area contributed by atoms with E-state index in [4.69, 9.17) is 12.2 Å². The van der Waals surface area contributed by atoms with Crippen molar-refractivity contribution in [1.29, 1.82) is 0 Å². The number of likely N-dealkylation sites (tertiary alicyclic amines) is 1. The lowest BCUT2D eigenvalue weighted by atomic mass is 9.94. The number of hydrogen-bond donors (Lipinski definition) is 3. The van der Waals surface area contributed by atoms with Crippen LogP contribution in [0.25, 0.3) is 0 Å². The van der Waals surface area contributed by atoms with Crippen LogP contribution in [0.3, 0.4) is 0 Å². The van der Waals surface area contributed by atoms with Gasteiger partial charge in [-0.05, 0) is 77.0 Å². The number of likely N-dealkylation sites (N-methyl/N-ethyl adjacent to an activating group) is 1. The highest BCUT2D eigenvalue weighted by Gasteiger charge is 2.29. The second-order valence-corrected chi connectivity index (χ2v) is 9.69. The molecule has 1 aromatic rings. The average molecular weight is 418 g/mol. The van der Waals surface area contributed by atoms with Crippen molar-refractivity contribution in [2.24, 2.45) is 0 Å². The van der Waals surface area contributed by atoms with Crippen LogP contribution in [0.15, 0.2) is 24.3 Å². The molecule has 2 aliphatic rings. The molecule has 1 saturated heterocycles. The molecule has 29 heavy (non-hydrogen) atoms. The fraction of sp³-hybridized carbons (Fsp3) is 0.636. The van der Waals surface area contributed by atoms with Gasteiger partial charge in [-0.2, -0.15) is 0 Å². The summed E-state index contributed by atoms with van der Waals surface area (Å²) >= 11 is 5.79. The lowest BCUT2D eigenvalue weighted by Crippen LogP contribution is -2.56. The molecular formula is C22H35N5OS. The maximum atomic E-state index is 12.3. The Morgan fingerprint density at radius 3 is 2.48 bits per heavy atom. The quantitative estimate of drug-likeness (QED) is 0.657. The Hall–Kier alpha value is -1.86. The number of hydrogen-bond acceptors (Lipinski definition) is 3. The number of thiocarbonyl (C=S) groups is 1. The number of nitrogens with one attached hydrogen (secondary N) is 3. The first-order valence-corrected chi connectivity index (χ1v) is 11.0. The molecule has 1 aromatic carbocycles. The first-order chi connectivity index (χ1) is 13.7. The van der Waals surface area contributed by atoms with E-state index >= 15 is 0 Å². The van der Waals surface area contributed by atoms with E-state index in [0.29, 0.717) is 12.6 Å². The van der Waals surface area contributed by atoms with Gasteiger partial charge < -0.3 is 25.8 Å². The molecule has 0 saturated carbocycles. The summed E-state index contributed by atoms with van der Waals surface area (Å²) in [5, 5.41) is 10.3. The number of amides is 2. The summed E-state index contributed by atoms with van der Waals surface area (Å²) < 4.78 is 0. The summed E-state index contributed by atoms with van der Waals surface area (Å²) in [7, 11) is 2.18. The van der Waals surface area contributed by atoms with E-state index in [1.165, 1.54) is 24.0 Å². The topological polar surface area (TPSA) is 59.6 Å². The Balaban J connectivity index is 1.64. The van der Waals surface area contributed by atoms with Crippen LogP contribution in [-0.2, 0) is 13.0 Å². The van der Waals surface area contributed by atoms with E-state index in [-0.39, 0.29) is 17.6 Å². The maximum absolute atomic E-state index is 12.3. The van der Waals surface area contributed by atoms with Crippen molar-refractivity contribution in [2.75, 3.05) is 26.7 Å². The minimum absolute atomic E-state index is 0.136. The summed E-state index contributed by atoms with van der Waals surface area (Å²) in [6.45, 7) is 9.30. The van der Waals surface area contributed by atoms with Gasteiger partial charge in [0, 0.05) is 31.2 Å². The zero-order chi connectivity index (χ0) is 21.0. The molecule has 2 aliphatic heterocycles. The number of carbonyl (C=O) groups excluding carboxylic acids is 1. The van der Waals surface area contributed by atoms with Crippen LogP contribution in [0, 0.1) is 0 Å². The van der Waals surface area contributed by atoms with Crippen LogP contribution in [-0.4, -0.2) is 65.2 Å². The van der Waals surface area contributed by atoms with Gasteiger partial charge in [-0.25, -0.2) is 4.79 Å². The molecule has 3 N–H and O–H groups in total. The molecule has 160 valence electrons. The van der Waals surface area contributed by atoms with Crippen LogP contribution in [0.5, 0.6) is 0 Å². The fourth-order valence-electron chi connectivity index (χ4n) is 4.15. The van der Waals surface area contributed by atoms with Crippen LogP contribution in [0.2, 0.25) is 0 Å². The van der Waals surface area contributed by atoms with E-state index < -0.39 is 0 Å². The molecule has 3 rings (SSSR count). The summed E-state index contributed by atoms with van der Waals surface area (Å²) in [5.74, 6) is 0. The second kappa shape index (κ2) is 9.30. The van der Waals surface area contributed by atoms with E-state index in [2.05, 4.69) is 57.1 Å². The number of benzene rings is 1. The molecule has 0 aromatic heterocycles. The summed E-state index contributed by atoms with van der Waals surface area (Å²) in [4.78, 5) is 16.9. The van der Waals surface area contributed by atoms with Gasteiger partial charge in [-0.3, -0.25) is 0 Å². The molecular weight excluding hydrogens is 382 g/mol. The predicted molar refractivity (Wildman–Crippen MR) is 122 cm³/mol. The second-order valence-electron chi connectivity index (χ2n) is 9.30. The SMILES string of the molecule is CN1CCC[C@@H]1CNC(=S)N1Cc2ccccc2C[C@H]1CNC(=O)NC(C)(C)C. The molecule has 6 nitrogen and oxygen atoms in total. The van der Waals surface area contributed by atoms with Crippen molar-refractivity contribution in [3.05, 3.63) is 35.4 Å². The maximum Gasteiger partial charge on any atom is 0.315 e. The smallest absolute Gasteiger partial charge is 0.315 e. The molecule has 7 heteroatoms. The molecule has 2 amide bonds. The highest BCUT2D eigenvalue weighted by atomic mass is 32.1. The van der Waals surface area contributed by atoms with Gasteiger partial charge in [0.15, 0.2) is 5.11 Å². The fourth-order valence-corrected chi connectivity index (χ4v) is 4.44. The summed E-state index contributed by atoms with van der Waals surface area (Å²) in [6, 6.07) is 9.05. The molecule has 0 aliphatic carbocycles. The molecule has 1 fully saturated rings. The van der Waals surface area contributed by atoms with Crippen LogP contribution in [0.1, 0.15) is 44.7 Å². The molecule has 2 atom stereocenters. The van der Waals surface area contributed by atoms with Gasteiger partial charge in [0.1, 0.15) is 0 Å². The first-order valence-electron chi connectivity index (χ1n) is 10.6. The van der Waals surface area contributed by atoms with Gasteiger partial charge in [-0.15, -0.1) is 0 Å². The van der Waals surface area contributed by atoms with Crippen LogP contribution in [0.4, 0.5) is 4.79 Å². The lowest BCUT2D eigenvalue weighted by molar-refractivity contribution is 0.222. The Kier molecular flexibility index (Phi) is 7.01. The zero-order valence-corrected chi connectivity index (χ0v) is 18.9. The third-order valence-electron chi connectivity index (χ3n) is 5.76. The van der Waals surface area contributed by atoms with Crippen molar-refractivity contribution in [1.82, 2.24) is 25.8 Å². The van der Waals surface area contributed by atoms with E-state index in [1.54, 1.807) is 0 Å². The lowest BCUT2D eigenvalue weighted by Gasteiger charge is -2.39. The van der Waals surface area contributed by atoms with Gasteiger partial charge in [0.2, 0.25) is 0 Å². The van der Waals surface area contributed by atoms with Crippen molar-refractivity contribution in [2.45, 2.75) is 64.2 Å². The Morgan fingerprint density at radius 1 is 1.14 bits per heavy atom. The van der Waals surface area contributed by atoms with E-state index in [9.17, 15) is 4.79 Å². The predicted octanol–water partition coefficient (Wildman–Crippen LogP) is 2.48. The standard InChI is InChI=1S/C22H35N5OS/c1-22(2,3)25-20(28)23-14-19-12-16-8-5-6-9-17(16)15-27(19)21(29)24-13-18-10-7-11-26(18)4/h5-6,8-9,18-19H,7,10-15H2,1-4H3,(H,24,29)(H2,23,25,28)/t18-,19+/m1/s1. The number of nitrogens with zero attached hydrogens (tertiary/aromatic N) is 2. The van der Waals surface area contributed by atoms with Crippen molar-refractivity contribution < 1.29 is 4.79 Å². The molecule has 0 unspecified atom stereocenters. The van der Waals surface area contributed by atoms with Gasteiger partial charge in [0.05, 0.1) is 6.04 Å². The Morgan fingerprint density at radius 2 is 1.83 bits per heavy atom. The number of carbonyl (C=O) groups is 1. The van der Waals surface area contributed by atoms with E-state index in [0.717, 1.165) is 31.2 Å². The van der Waals surface area contributed by atoms with Gasteiger partial charge in [0.25, 0.3) is 0 Å². The largest absolute Gasteiger partial charge is 0.361 e. The third kappa shape index (κ3) is 6.06. The Bertz CT molecular complexity index is 732. The van der Waals surface area contributed by atoms with Crippen LogP contribution < -0.4 is 16.0 Å². The van der Waals surface area contributed by atoms with E-state index in [1.807, 2.05) is 20.8 Å². The number of rotatable bonds is 4. The summed E-state index contributed by atoms with van der Waals surface area (Å²) in [5.41, 5.74) is 2.39. The van der Waals surface area contributed by atoms with Crippen molar-refractivity contribution in [3.63, 3.8) is 0 Å². The van der Waals surface area contributed by atoms with Gasteiger partial charge >= 0.3 is 6.03 Å². The Labute approximate surface area is 180 Å². The normalized spacial score (nSPS) is 22.1. The highest BCUT2D eigenvalue weighted by molar-refractivity contribution is 7.80. The molecule has 0 bridgehead atoms. The first kappa shape index (κ1) is 21.8. The minimum Gasteiger partial charge on any atom is -0.361 e. The van der Waals surface area contributed by atoms with Crippen molar-refractivity contribution in [3.8, 4) is 0 Å². The molecule has 0 radical (unpaired) electrons. The molecule has 0 spiro atoms. The summed E-state index contributed by atoms with van der Waals surface area (Å²) in [6.07, 6.45) is 3.34. The average Bonchev–Trinajstić information content (AvgIpc) is 3.07.